The Morgan fingerprint density at radius 2 is 1.35 bits per heavy atom. The lowest BCUT2D eigenvalue weighted by Gasteiger charge is -2.06. The average Bonchev–Trinajstić information content (AvgIpc) is 2.63. The van der Waals surface area contributed by atoms with Gasteiger partial charge in [0.05, 0.1) is 0 Å². The van der Waals surface area contributed by atoms with Gasteiger partial charge in [-0.3, -0.25) is 4.79 Å². The number of rotatable bonds is 16. The van der Waals surface area contributed by atoms with Gasteiger partial charge in [0.15, 0.2) is 0 Å². The van der Waals surface area contributed by atoms with Crippen LogP contribution in [0.25, 0.3) is 0 Å². The van der Waals surface area contributed by atoms with Crippen LogP contribution < -0.4 is 5.32 Å². The average molecular weight is 360 g/mol. The fraction of sp³-hybridized carbons (Fsp3) is 0.708. The molecule has 148 valence electrons. The van der Waals surface area contributed by atoms with Gasteiger partial charge in [-0.25, -0.2) is 0 Å². The van der Waals surface area contributed by atoms with Crippen LogP contribution in [0.5, 0.6) is 0 Å². The van der Waals surface area contributed by atoms with Crippen molar-refractivity contribution < 1.29 is 4.79 Å². The van der Waals surface area contributed by atoms with Crippen LogP contribution in [0.3, 0.4) is 0 Å². The Morgan fingerprint density at radius 3 is 1.92 bits per heavy atom. The van der Waals surface area contributed by atoms with Gasteiger partial charge in [-0.05, 0) is 24.3 Å². The lowest BCUT2D eigenvalue weighted by Crippen LogP contribution is -2.25. The smallest absolute Gasteiger partial charge is 0.220 e. The zero-order valence-electron chi connectivity index (χ0n) is 17.3. The van der Waals surface area contributed by atoms with Crippen molar-refractivity contribution >= 4 is 5.91 Å². The molecule has 2 nitrogen and oxygen atoms in total. The lowest BCUT2D eigenvalue weighted by atomic mass is 10.0. The Balaban J connectivity index is 1.80. The number of hydrogen-bond donors (Lipinski definition) is 1. The molecule has 1 aromatic rings. The van der Waals surface area contributed by atoms with Crippen LogP contribution in [0.2, 0.25) is 0 Å². The van der Waals surface area contributed by atoms with Crippen LogP contribution in [0.4, 0.5) is 0 Å². The summed E-state index contributed by atoms with van der Waals surface area (Å²) < 4.78 is 0. The SMILES string of the molecule is CC(C)CCCCCCCCCCCCC(=O)NCCc1ccccc1. The highest BCUT2D eigenvalue weighted by Crippen LogP contribution is 2.13. The molecule has 0 heterocycles. The monoisotopic (exact) mass is 359 g/mol. The molecule has 0 spiro atoms. The van der Waals surface area contributed by atoms with Crippen molar-refractivity contribution in [1.82, 2.24) is 5.32 Å². The molecule has 2 heteroatoms. The van der Waals surface area contributed by atoms with Crippen molar-refractivity contribution in [3.8, 4) is 0 Å². The highest BCUT2D eigenvalue weighted by Gasteiger charge is 2.01. The maximum atomic E-state index is 11.8. The van der Waals surface area contributed by atoms with Gasteiger partial charge < -0.3 is 5.32 Å². The molecule has 26 heavy (non-hydrogen) atoms. The van der Waals surface area contributed by atoms with E-state index in [4.69, 9.17) is 0 Å². The van der Waals surface area contributed by atoms with Gasteiger partial charge in [0, 0.05) is 13.0 Å². The summed E-state index contributed by atoms with van der Waals surface area (Å²) >= 11 is 0. The van der Waals surface area contributed by atoms with E-state index in [1.807, 2.05) is 18.2 Å². The molecule has 1 amide bonds. The number of hydrogen-bond acceptors (Lipinski definition) is 1. The van der Waals surface area contributed by atoms with Gasteiger partial charge in [-0.15, -0.1) is 0 Å². The lowest BCUT2D eigenvalue weighted by molar-refractivity contribution is -0.121. The Kier molecular flexibility index (Phi) is 13.9. The molecule has 0 saturated carbocycles. The summed E-state index contributed by atoms with van der Waals surface area (Å²) in [5.41, 5.74) is 1.28. The molecule has 0 aromatic heterocycles. The van der Waals surface area contributed by atoms with E-state index in [-0.39, 0.29) is 5.91 Å². The Bertz CT molecular complexity index is 441. The minimum absolute atomic E-state index is 0.210. The molecule has 0 atom stereocenters. The fourth-order valence-corrected chi connectivity index (χ4v) is 3.33. The third-order valence-corrected chi connectivity index (χ3v) is 5.01. The van der Waals surface area contributed by atoms with Crippen LogP contribution in [0.1, 0.15) is 96.5 Å². The van der Waals surface area contributed by atoms with Crippen LogP contribution in [-0.4, -0.2) is 12.5 Å². The summed E-state index contributed by atoms with van der Waals surface area (Å²) in [6.07, 6.45) is 16.2. The van der Waals surface area contributed by atoms with Crippen LogP contribution in [0.15, 0.2) is 30.3 Å². The summed E-state index contributed by atoms with van der Waals surface area (Å²) in [5.74, 6) is 1.07. The minimum Gasteiger partial charge on any atom is -0.356 e. The van der Waals surface area contributed by atoms with E-state index in [1.165, 1.54) is 69.8 Å². The van der Waals surface area contributed by atoms with Crippen LogP contribution >= 0.6 is 0 Å². The third kappa shape index (κ3) is 13.9. The topological polar surface area (TPSA) is 29.1 Å². The number of benzene rings is 1. The first-order chi connectivity index (χ1) is 12.7. The van der Waals surface area contributed by atoms with Gasteiger partial charge >= 0.3 is 0 Å². The number of amides is 1. The van der Waals surface area contributed by atoms with Crippen molar-refractivity contribution in [3.63, 3.8) is 0 Å². The number of nitrogens with one attached hydrogen (secondary N) is 1. The molecule has 1 aromatic carbocycles. The summed E-state index contributed by atoms with van der Waals surface area (Å²) in [6.45, 7) is 5.38. The van der Waals surface area contributed by atoms with E-state index < -0.39 is 0 Å². The maximum Gasteiger partial charge on any atom is 0.220 e. The normalized spacial score (nSPS) is 11.0. The fourth-order valence-electron chi connectivity index (χ4n) is 3.33. The van der Waals surface area contributed by atoms with E-state index in [0.29, 0.717) is 6.42 Å². The van der Waals surface area contributed by atoms with Gasteiger partial charge in [0.1, 0.15) is 0 Å². The molecular formula is C24H41NO. The highest BCUT2D eigenvalue weighted by molar-refractivity contribution is 5.75. The Hall–Kier alpha value is -1.31. The van der Waals surface area contributed by atoms with E-state index in [1.54, 1.807) is 0 Å². The predicted octanol–water partition coefficient (Wildman–Crippen LogP) is 6.68. The molecule has 0 aliphatic rings. The molecule has 1 rings (SSSR count). The summed E-state index contributed by atoms with van der Waals surface area (Å²) in [6, 6.07) is 10.3. The Morgan fingerprint density at radius 1 is 0.808 bits per heavy atom. The molecular weight excluding hydrogens is 318 g/mol. The van der Waals surface area contributed by atoms with Gasteiger partial charge in [-0.2, -0.15) is 0 Å². The second-order valence-corrected chi connectivity index (χ2v) is 8.05. The zero-order chi connectivity index (χ0) is 18.9. The molecule has 1 N–H and O–H groups in total. The van der Waals surface area contributed by atoms with E-state index >= 15 is 0 Å². The first-order valence-corrected chi connectivity index (χ1v) is 11.0. The second kappa shape index (κ2) is 15.9. The maximum absolute atomic E-state index is 11.8. The Labute approximate surface area is 162 Å². The quantitative estimate of drug-likeness (QED) is 0.328. The van der Waals surface area contributed by atoms with Crippen LogP contribution in [0, 0.1) is 5.92 Å². The molecule has 0 bridgehead atoms. The second-order valence-electron chi connectivity index (χ2n) is 8.05. The standard InChI is InChI=1S/C24H41NO/c1-22(2)16-12-9-7-5-3-4-6-8-10-15-19-24(26)25-21-20-23-17-13-11-14-18-23/h11,13-14,17-18,22H,3-10,12,15-16,19-21H2,1-2H3,(H,25,26). The zero-order valence-corrected chi connectivity index (χ0v) is 17.3. The largest absolute Gasteiger partial charge is 0.356 e. The first kappa shape index (κ1) is 22.7. The van der Waals surface area contributed by atoms with Crippen LogP contribution in [-0.2, 0) is 11.2 Å². The third-order valence-electron chi connectivity index (χ3n) is 5.01. The molecule has 0 unspecified atom stereocenters. The van der Waals surface area contributed by atoms with E-state index in [0.717, 1.165) is 25.3 Å². The van der Waals surface area contributed by atoms with Gasteiger partial charge in [-0.1, -0.05) is 108 Å². The number of carbonyl (C=O) groups excluding carboxylic acids is 1. The molecule has 0 fully saturated rings. The summed E-state index contributed by atoms with van der Waals surface area (Å²) in [4.78, 5) is 11.8. The van der Waals surface area contributed by atoms with Crippen molar-refractivity contribution in [2.24, 2.45) is 5.92 Å². The number of carbonyl (C=O) groups is 1. The van der Waals surface area contributed by atoms with E-state index in [9.17, 15) is 4.79 Å². The predicted molar refractivity (Wildman–Crippen MR) is 113 cm³/mol. The van der Waals surface area contributed by atoms with Crippen molar-refractivity contribution in [2.45, 2.75) is 97.3 Å². The van der Waals surface area contributed by atoms with Crippen molar-refractivity contribution in [3.05, 3.63) is 35.9 Å². The van der Waals surface area contributed by atoms with Gasteiger partial charge in [0.25, 0.3) is 0 Å². The van der Waals surface area contributed by atoms with Gasteiger partial charge in [0.2, 0.25) is 5.91 Å². The van der Waals surface area contributed by atoms with Crippen molar-refractivity contribution in [1.29, 1.82) is 0 Å². The first-order valence-electron chi connectivity index (χ1n) is 11.0. The minimum atomic E-state index is 0.210. The van der Waals surface area contributed by atoms with E-state index in [2.05, 4.69) is 31.3 Å². The highest BCUT2D eigenvalue weighted by atomic mass is 16.1. The summed E-state index contributed by atoms with van der Waals surface area (Å²) in [7, 11) is 0. The molecule has 0 radical (unpaired) electrons. The molecule has 0 saturated heterocycles. The summed E-state index contributed by atoms with van der Waals surface area (Å²) in [5, 5.41) is 3.03. The molecule has 0 aliphatic heterocycles. The molecule has 0 aliphatic carbocycles. The number of unbranched alkanes of at least 4 members (excludes halogenated alkanes) is 9. The van der Waals surface area contributed by atoms with Crippen molar-refractivity contribution in [2.75, 3.05) is 6.54 Å².